The lowest BCUT2D eigenvalue weighted by Crippen LogP contribution is -2.17. The normalized spacial score (nSPS) is 11.7. The van der Waals surface area contributed by atoms with Crippen molar-refractivity contribution >= 4 is 0 Å². The van der Waals surface area contributed by atoms with Crippen LogP contribution in [0.3, 0.4) is 0 Å². The molecule has 0 bridgehead atoms. The summed E-state index contributed by atoms with van der Waals surface area (Å²) in [6.45, 7) is 1.87. The lowest BCUT2D eigenvalue weighted by molar-refractivity contribution is 0.539. The van der Waals surface area contributed by atoms with E-state index in [1.165, 1.54) is 0 Å². The Morgan fingerprint density at radius 3 is 2.74 bits per heavy atom. The Kier molecular flexibility index (Phi) is 4.77. The summed E-state index contributed by atoms with van der Waals surface area (Å²) in [6, 6.07) is 12.5. The molecule has 0 aliphatic rings. The molecule has 0 spiro atoms. The van der Waals surface area contributed by atoms with Gasteiger partial charge in [0.05, 0.1) is 17.4 Å². The molecule has 3 nitrogen and oxygen atoms in total. The summed E-state index contributed by atoms with van der Waals surface area (Å²) in [6.07, 6.45) is 3.86. The molecule has 0 aliphatic heterocycles. The van der Waals surface area contributed by atoms with E-state index in [1.54, 1.807) is 0 Å². The molecule has 0 aliphatic carbocycles. The highest BCUT2D eigenvalue weighted by Gasteiger charge is 2.11. The molecule has 98 valence electrons. The van der Waals surface area contributed by atoms with E-state index in [2.05, 4.69) is 28.3 Å². The first-order chi connectivity index (χ1) is 9.35. The Morgan fingerprint density at radius 1 is 1.26 bits per heavy atom. The van der Waals surface area contributed by atoms with Crippen molar-refractivity contribution in [2.45, 2.75) is 25.8 Å². The van der Waals surface area contributed by atoms with E-state index in [1.807, 2.05) is 55.2 Å². The number of nitrogens with one attached hydrogen (secondary N) is 1. The van der Waals surface area contributed by atoms with Crippen molar-refractivity contribution < 1.29 is 0 Å². The number of aromatic nitrogens is 2. The quantitative estimate of drug-likeness (QED) is 0.830. The van der Waals surface area contributed by atoms with Crippen molar-refractivity contribution in [1.82, 2.24) is 15.1 Å². The van der Waals surface area contributed by atoms with Crippen LogP contribution in [0.5, 0.6) is 0 Å². The van der Waals surface area contributed by atoms with Crippen LogP contribution >= 0.6 is 0 Å². The molecule has 1 aromatic heterocycles. The molecule has 0 saturated heterocycles. The number of hydrogen-bond donors (Lipinski definition) is 1. The maximum atomic E-state index is 4.64. The summed E-state index contributed by atoms with van der Waals surface area (Å²) >= 11 is 0. The molecule has 1 aromatic carbocycles. The number of rotatable bonds is 5. The zero-order valence-corrected chi connectivity index (χ0v) is 11.4. The molecule has 0 amide bonds. The van der Waals surface area contributed by atoms with Gasteiger partial charge in [0.2, 0.25) is 0 Å². The van der Waals surface area contributed by atoms with Crippen molar-refractivity contribution in [3.05, 3.63) is 48.3 Å². The highest BCUT2D eigenvalue weighted by molar-refractivity contribution is 5.30. The zero-order valence-electron chi connectivity index (χ0n) is 11.4. The van der Waals surface area contributed by atoms with Gasteiger partial charge in [0.15, 0.2) is 0 Å². The first kappa shape index (κ1) is 13.4. The summed E-state index contributed by atoms with van der Waals surface area (Å²) in [5.41, 5.74) is 2.14. The predicted molar refractivity (Wildman–Crippen MR) is 78.0 cm³/mol. The van der Waals surface area contributed by atoms with Crippen LogP contribution in [0.15, 0.2) is 42.6 Å². The fraction of sp³-hybridized carbons (Fsp3) is 0.312. The van der Waals surface area contributed by atoms with Gasteiger partial charge in [-0.15, -0.1) is 11.8 Å². The van der Waals surface area contributed by atoms with Crippen LogP contribution in [0, 0.1) is 11.8 Å². The molecule has 0 saturated carbocycles. The maximum absolute atomic E-state index is 4.64. The number of nitrogens with zero attached hydrogens (tertiary/aromatic N) is 2. The fourth-order valence-corrected chi connectivity index (χ4v) is 2.03. The van der Waals surface area contributed by atoms with E-state index >= 15 is 0 Å². The van der Waals surface area contributed by atoms with E-state index in [9.17, 15) is 0 Å². The van der Waals surface area contributed by atoms with Crippen LogP contribution in [-0.4, -0.2) is 16.8 Å². The average Bonchev–Trinajstić information content (AvgIpc) is 2.94. The van der Waals surface area contributed by atoms with Crippen molar-refractivity contribution in [2.75, 3.05) is 7.05 Å². The molecule has 3 heteroatoms. The van der Waals surface area contributed by atoms with E-state index in [4.69, 9.17) is 0 Å². The molecule has 1 heterocycles. The molecule has 0 fully saturated rings. The molecule has 0 radical (unpaired) electrons. The number of benzene rings is 1. The topological polar surface area (TPSA) is 29.9 Å². The van der Waals surface area contributed by atoms with Crippen LogP contribution in [0.4, 0.5) is 0 Å². The van der Waals surface area contributed by atoms with Gasteiger partial charge in [-0.3, -0.25) is 0 Å². The van der Waals surface area contributed by atoms with E-state index < -0.39 is 0 Å². The van der Waals surface area contributed by atoms with Crippen LogP contribution in [-0.2, 0) is 0 Å². The summed E-state index contributed by atoms with van der Waals surface area (Å²) in [7, 11) is 1.96. The lowest BCUT2D eigenvalue weighted by atomic mass is 10.1. The predicted octanol–water partition coefficient (Wildman–Crippen LogP) is 2.94. The molecular weight excluding hydrogens is 234 g/mol. The smallest absolute Gasteiger partial charge is 0.0798 e. The van der Waals surface area contributed by atoms with Crippen LogP contribution in [0.25, 0.3) is 5.69 Å². The van der Waals surface area contributed by atoms with E-state index in [0.29, 0.717) is 0 Å². The number of hydrogen-bond acceptors (Lipinski definition) is 2. The first-order valence-electron chi connectivity index (χ1n) is 6.53. The second kappa shape index (κ2) is 6.77. The van der Waals surface area contributed by atoms with Gasteiger partial charge in [-0.1, -0.05) is 18.2 Å². The van der Waals surface area contributed by atoms with Gasteiger partial charge in [-0.25, -0.2) is 4.68 Å². The van der Waals surface area contributed by atoms with Gasteiger partial charge in [0, 0.05) is 12.6 Å². The monoisotopic (exact) mass is 253 g/mol. The summed E-state index contributed by atoms with van der Waals surface area (Å²) in [4.78, 5) is 0. The SMILES string of the molecule is CC#CCCC(NC)c1ccn(-c2ccccc2)n1. The minimum atomic E-state index is 0.255. The summed E-state index contributed by atoms with van der Waals surface area (Å²) < 4.78 is 1.91. The molecular formula is C16H19N3. The largest absolute Gasteiger partial charge is 0.312 e. The van der Waals surface area contributed by atoms with Gasteiger partial charge in [-0.05, 0) is 38.6 Å². The van der Waals surface area contributed by atoms with Crippen molar-refractivity contribution in [1.29, 1.82) is 0 Å². The van der Waals surface area contributed by atoms with E-state index in [0.717, 1.165) is 24.2 Å². The highest BCUT2D eigenvalue weighted by atomic mass is 15.3. The zero-order chi connectivity index (χ0) is 13.5. The van der Waals surface area contributed by atoms with Crippen molar-refractivity contribution in [3.63, 3.8) is 0 Å². The standard InChI is InChI=1S/C16H19N3/c1-3-4-6-11-15(17-2)16-12-13-19(18-16)14-9-7-5-8-10-14/h5,7-10,12-13,15,17H,6,11H2,1-2H3. The first-order valence-corrected chi connectivity index (χ1v) is 6.53. The molecule has 2 aromatic rings. The second-order valence-corrected chi connectivity index (χ2v) is 4.33. The van der Waals surface area contributed by atoms with Gasteiger partial charge in [-0.2, -0.15) is 5.10 Å². The Morgan fingerprint density at radius 2 is 2.05 bits per heavy atom. The van der Waals surface area contributed by atoms with Gasteiger partial charge < -0.3 is 5.32 Å². The Balaban J connectivity index is 2.12. The Labute approximate surface area is 114 Å². The third kappa shape index (κ3) is 3.46. The molecule has 2 rings (SSSR count). The van der Waals surface area contributed by atoms with E-state index in [-0.39, 0.29) is 6.04 Å². The molecule has 1 unspecified atom stereocenters. The molecule has 1 atom stereocenters. The van der Waals surface area contributed by atoms with Gasteiger partial charge >= 0.3 is 0 Å². The highest BCUT2D eigenvalue weighted by Crippen LogP contribution is 2.17. The maximum Gasteiger partial charge on any atom is 0.0798 e. The molecule has 19 heavy (non-hydrogen) atoms. The number of para-hydroxylation sites is 1. The minimum absolute atomic E-state index is 0.255. The minimum Gasteiger partial charge on any atom is -0.312 e. The van der Waals surface area contributed by atoms with Gasteiger partial charge in [0.1, 0.15) is 0 Å². The third-order valence-corrected chi connectivity index (χ3v) is 3.07. The van der Waals surface area contributed by atoms with Gasteiger partial charge in [0.25, 0.3) is 0 Å². The Hall–Kier alpha value is -2.05. The second-order valence-electron chi connectivity index (χ2n) is 4.33. The van der Waals surface area contributed by atoms with Crippen LogP contribution < -0.4 is 5.32 Å². The fourth-order valence-electron chi connectivity index (χ4n) is 2.03. The van der Waals surface area contributed by atoms with Crippen LogP contribution in [0.1, 0.15) is 31.5 Å². The average molecular weight is 253 g/mol. The third-order valence-electron chi connectivity index (χ3n) is 3.07. The Bertz CT molecular complexity index is 560. The van der Waals surface area contributed by atoms with Crippen LogP contribution in [0.2, 0.25) is 0 Å². The van der Waals surface area contributed by atoms with Crippen molar-refractivity contribution in [2.24, 2.45) is 0 Å². The summed E-state index contributed by atoms with van der Waals surface area (Å²) in [5, 5.41) is 7.93. The lowest BCUT2D eigenvalue weighted by Gasteiger charge is -2.11. The summed E-state index contributed by atoms with van der Waals surface area (Å²) in [5.74, 6) is 6.02. The van der Waals surface area contributed by atoms with Crippen molar-refractivity contribution in [3.8, 4) is 17.5 Å². The molecule has 1 N–H and O–H groups in total.